The van der Waals surface area contributed by atoms with Gasteiger partial charge in [0.15, 0.2) is 5.75 Å². The second-order valence-corrected chi connectivity index (χ2v) is 5.27. The molecule has 114 valence electrons. The third kappa shape index (κ3) is 5.84. The Morgan fingerprint density at radius 2 is 1.95 bits per heavy atom. The number of hydrogen-bond acceptors (Lipinski definition) is 5. The zero-order valence-electron chi connectivity index (χ0n) is 13.3. The Hall–Kier alpha value is -1.20. The summed E-state index contributed by atoms with van der Waals surface area (Å²) < 4.78 is 11.0. The quantitative estimate of drug-likeness (QED) is 0.705. The van der Waals surface area contributed by atoms with E-state index in [-0.39, 0.29) is 0 Å². The molecule has 0 saturated carbocycles. The van der Waals surface area contributed by atoms with Crippen LogP contribution in [0, 0.1) is 0 Å². The summed E-state index contributed by atoms with van der Waals surface area (Å²) in [5.74, 6) is 1.90. The maximum absolute atomic E-state index is 5.72. The van der Waals surface area contributed by atoms with Crippen molar-refractivity contribution >= 4 is 0 Å². The molecule has 1 rings (SSSR count). The molecule has 0 aliphatic carbocycles. The molecule has 1 heterocycles. The van der Waals surface area contributed by atoms with Gasteiger partial charge in [-0.05, 0) is 6.92 Å². The van der Waals surface area contributed by atoms with Crippen molar-refractivity contribution in [3.8, 4) is 5.75 Å². The Labute approximate surface area is 122 Å². The summed E-state index contributed by atoms with van der Waals surface area (Å²) in [5, 5.41) is 3.37. The number of nitrogens with zero attached hydrogens (tertiary/aromatic N) is 2. The van der Waals surface area contributed by atoms with Crippen LogP contribution in [0.1, 0.15) is 52.1 Å². The normalized spacial score (nSPS) is 11.3. The first-order valence-electron chi connectivity index (χ1n) is 7.34. The van der Waals surface area contributed by atoms with Gasteiger partial charge < -0.3 is 14.8 Å². The van der Waals surface area contributed by atoms with Crippen molar-refractivity contribution in [2.45, 2.75) is 53.1 Å². The second kappa shape index (κ2) is 8.87. The topological polar surface area (TPSA) is 56.3 Å². The SMILES string of the molecule is CCOCCOc1cnc(C(C)C)nc1CNC(C)C. The van der Waals surface area contributed by atoms with Crippen molar-refractivity contribution in [2.24, 2.45) is 0 Å². The Bertz CT molecular complexity index is 395. The van der Waals surface area contributed by atoms with Crippen molar-refractivity contribution < 1.29 is 9.47 Å². The fraction of sp³-hybridized carbons (Fsp3) is 0.733. The van der Waals surface area contributed by atoms with Gasteiger partial charge in [0.25, 0.3) is 0 Å². The molecule has 0 radical (unpaired) electrons. The molecular formula is C15H27N3O2. The predicted octanol–water partition coefficient (Wildman–Crippen LogP) is 2.51. The number of aromatic nitrogens is 2. The third-order valence-electron chi connectivity index (χ3n) is 2.73. The Balaban J connectivity index is 2.74. The van der Waals surface area contributed by atoms with E-state index in [4.69, 9.17) is 9.47 Å². The average molecular weight is 281 g/mol. The lowest BCUT2D eigenvalue weighted by Crippen LogP contribution is -2.23. The molecule has 5 heteroatoms. The van der Waals surface area contributed by atoms with E-state index >= 15 is 0 Å². The van der Waals surface area contributed by atoms with Gasteiger partial charge in [-0.15, -0.1) is 0 Å². The molecule has 0 amide bonds. The van der Waals surface area contributed by atoms with Crippen LogP contribution in [-0.2, 0) is 11.3 Å². The molecule has 0 bridgehead atoms. The highest BCUT2D eigenvalue weighted by molar-refractivity contribution is 5.25. The lowest BCUT2D eigenvalue weighted by molar-refractivity contribution is 0.109. The van der Waals surface area contributed by atoms with E-state index in [1.54, 1.807) is 6.20 Å². The number of ether oxygens (including phenoxy) is 2. The first kappa shape index (κ1) is 16.9. The molecule has 0 aromatic carbocycles. The van der Waals surface area contributed by atoms with Gasteiger partial charge >= 0.3 is 0 Å². The fourth-order valence-electron chi connectivity index (χ4n) is 1.60. The van der Waals surface area contributed by atoms with Crippen LogP contribution in [0.4, 0.5) is 0 Å². The van der Waals surface area contributed by atoms with Crippen LogP contribution in [0.3, 0.4) is 0 Å². The first-order chi connectivity index (χ1) is 9.54. The Morgan fingerprint density at radius 1 is 1.20 bits per heavy atom. The van der Waals surface area contributed by atoms with Gasteiger partial charge in [0, 0.05) is 25.1 Å². The molecule has 0 atom stereocenters. The van der Waals surface area contributed by atoms with Gasteiger partial charge in [-0.3, -0.25) is 0 Å². The van der Waals surface area contributed by atoms with E-state index in [1.165, 1.54) is 0 Å². The van der Waals surface area contributed by atoms with Gasteiger partial charge in [0.1, 0.15) is 12.4 Å². The van der Waals surface area contributed by atoms with E-state index in [2.05, 4.69) is 43.0 Å². The minimum Gasteiger partial charge on any atom is -0.488 e. The molecule has 5 nitrogen and oxygen atoms in total. The van der Waals surface area contributed by atoms with Crippen molar-refractivity contribution in [2.75, 3.05) is 19.8 Å². The maximum Gasteiger partial charge on any atom is 0.160 e. The van der Waals surface area contributed by atoms with Gasteiger partial charge in [-0.25, -0.2) is 9.97 Å². The van der Waals surface area contributed by atoms with E-state index in [0.29, 0.717) is 38.3 Å². The summed E-state index contributed by atoms with van der Waals surface area (Å²) in [6.07, 6.45) is 1.77. The molecule has 0 saturated heterocycles. The Kier molecular flexibility index (Phi) is 7.47. The van der Waals surface area contributed by atoms with Gasteiger partial charge in [0.2, 0.25) is 0 Å². The summed E-state index contributed by atoms with van der Waals surface area (Å²) in [7, 11) is 0. The lowest BCUT2D eigenvalue weighted by atomic mass is 10.2. The summed E-state index contributed by atoms with van der Waals surface area (Å²) in [6, 6.07) is 0.406. The van der Waals surface area contributed by atoms with E-state index in [0.717, 1.165) is 17.3 Å². The van der Waals surface area contributed by atoms with Crippen molar-refractivity contribution in [3.63, 3.8) is 0 Å². The minimum absolute atomic E-state index is 0.310. The molecule has 1 aromatic heterocycles. The number of rotatable bonds is 9. The third-order valence-corrected chi connectivity index (χ3v) is 2.73. The minimum atomic E-state index is 0.310. The summed E-state index contributed by atoms with van der Waals surface area (Å²) >= 11 is 0. The Morgan fingerprint density at radius 3 is 2.55 bits per heavy atom. The van der Waals surface area contributed by atoms with E-state index in [9.17, 15) is 0 Å². The van der Waals surface area contributed by atoms with Crippen molar-refractivity contribution in [1.82, 2.24) is 15.3 Å². The highest BCUT2D eigenvalue weighted by Crippen LogP contribution is 2.18. The highest BCUT2D eigenvalue weighted by Gasteiger charge is 2.11. The molecular weight excluding hydrogens is 254 g/mol. The number of nitrogens with one attached hydrogen (secondary N) is 1. The maximum atomic E-state index is 5.72. The molecule has 0 unspecified atom stereocenters. The number of hydrogen-bond donors (Lipinski definition) is 1. The van der Waals surface area contributed by atoms with Crippen LogP contribution >= 0.6 is 0 Å². The summed E-state index contributed by atoms with van der Waals surface area (Å²) in [4.78, 5) is 8.96. The molecule has 0 fully saturated rings. The molecule has 20 heavy (non-hydrogen) atoms. The fourth-order valence-corrected chi connectivity index (χ4v) is 1.60. The first-order valence-corrected chi connectivity index (χ1v) is 7.34. The molecule has 0 aliphatic heterocycles. The lowest BCUT2D eigenvalue weighted by Gasteiger charge is -2.14. The zero-order valence-corrected chi connectivity index (χ0v) is 13.3. The standard InChI is InChI=1S/C15H27N3O2/c1-6-19-7-8-20-14-10-17-15(11(2)3)18-13(14)9-16-12(4)5/h10-12,16H,6-9H2,1-5H3. The average Bonchev–Trinajstić information content (AvgIpc) is 2.41. The summed E-state index contributed by atoms with van der Waals surface area (Å²) in [5.41, 5.74) is 0.911. The zero-order chi connectivity index (χ0) is 15.0. The van der Waals surface area contributed by atoms with Crippen LogP contribution in [0.5, 0.6) is 5.75 Å². The highest BCUT2D eigenvalue weighted by atomic mass is 16.5. The van der Waals surface area contributed by atoms with Gasteiger partial charge in [-0.1, -0.05) is 27.7 Å². The van der Waals surface area contributed by atoms with Crippen molar-refractivity contribution in [1.29, 1.82) is 0 Å². The monoisotopic (exact) mass is 281 g/mol. The largest absolute Gasteiger partial charge is 0.488 e. The molecule has 1 aromatic rings. The predicted molar refractivity (Wildman–Crippen MR) is 80.1 cm³/mol. The van der Waals surface area contributed by atoms with Crippen LogP contribution in [0.15, 0.2) is 6.20 Å². The van der Waals surface area contributed by atoms with Gasteiger partial charge in [-0.2, -0.15) is 0 Å². The van der Waals surface area contributed by atoms with Crippen LogP contribution in [0.2, 0.25) is 0 Å². The molecule has 1 N–H and O–H groups in total. The second-order valence-electron chi connectivity index (χ2n) is 5.27. The smallest absolute Gasteiger partial charge is 0.160 e. The van der Waals surface area contributed by atoms with Gasteiger partial charge in [0.05, 0.1) is 18.5 Å². The van der Waals surface area contributed by atoms with Crippen LogP contribution in [0.25, 0.3) is 0 Å². The van der Waals surface area contributed by atoms with E-state index < -0.39 is 0 Å². The molecule has 0 spiro atoms. The van der Waals surface area contributed by atoms with Crippen LogP contribution < -0.4 is 10.1 Å². The van der Waals surface area contributed by atoms with Crippen LogP contribution in [-0.4, -0.2) is 35.8 Å². The summed E-state index contributed by atoms with van der Waals surface area (Å²) in [6.45, 7) is 12.9. The van der Waals surface area contributed by atoms with Crippen molar-refractivity contribution in [3.05, 3.63) is 17.7 Å². The molecule has 0 aliphatic rings. The van der Waals surface area contributed by atoms with E-state index in [1.807, 2.05) is 6.92 Å².